The minimum Gasteiger partial charge on any atom is -0.392 e. The molecule has 0 fully saturated rings. The second-order valence-electron chi connectivity index (χ2n) is 5.41. The van der Waals surface area contributed by atoms with Gasteiger partial charge in [-0.15, -0.1) is 10.2 Å². The standard InChI is InChI=1S/C11H22N4O/c1-11(2,3)5-9(16)6-12-7-10-14-13-8-15(10)4/h8-9,12,16H,5-7H2,1-4H3. The minimum atomic E-state index is -0.312. The predicted molar refractivity (Wildman–Crippen MR) is 62.8 cm³/mol. The molecular formula is C11H22N4O. The fourth-order valence-corrected chi connectivity index (χ4v) is 1.60. The van der Waals surface area contributed by atoms with Gasteiger partial charge in [-0.05, 0) is 11.8 Å². The molecule has 0 spiro atoms. The average molecular weight is 226 g/mol. The van der Waals surface area contributed by atoms with Gasteiger partial charge in [0.15, 0.2) is 0 Å². The summed E-state index contributed by atoms with van der Waals surface area (Å²) in [5.41, 5.74) is 0.159. The predicted octanol–water partition coefficient (Wildman–Crippen LogP) is 0.702. The Morgan fingerprint density at radius 1 is 1.50 bits per heavy atom. The average Bonchev–Trinajstić information content (AvgIpc) is 2.48. The van der Waals surface area contributed by atoms with E-state index in [1.807, 2.05) is 11.6 Å². The number of aryl methyl sites for hydroxylation is 1. The Hall–Kier alpha value is -0.940. The smallest absolute Gasteiger partial charge is 0.146 e. The molecular weight excluding hydrogens is 204 g/mol. The Labute approximate surface area is 96.9 Å². The van der Waals surface area contributed by atoms with E-state index in [9.17, 15) is 5.11 Å². The monoisotopic (exact) mass is 226 g/mol. The van der Waals surface area contributed by atoms with Crippen LogP contribution in [0.1, 0.15) is 33.0 Å². The van der Waals surface area contributed by atoms with E-state index >= 15 is 0 Å². The number of aliphatic hydroxyl groups is 1. The van der Waals surface area contributed by atoms with Crippen LogP contribution in [0.5, 0.6) is 0 Å². The maximum atomic E-state index is 9.78. The number of hydrogen-bond acceptors (Lipinski definition) is 4. The van der Waals surface area contributed by atoms with Gasteiger partial charge in [-0.25, -0.2) is 0 Å². The van der Waals surface area contributed by atoms with Gasteiger partial charge in [-0.2, -0.15) is 0 Å². The molecule has 16 heavy (non-hydrogen) atoms. The highest BCUT2D eigenvalue weighted by molar-refractivity contribution is 4.83. The molecule has 0 amide bonds. The summed E-state index contributed by atoms with van der Waals surface area (Å²) in [6, 6.07) is 0. The molecule has 0 aliphatic heterocycles. The van der Waals surface area contributed by atoms with Crippen molar-refractivity contribution in [1.82, 2.24) is 20.1 Å². The quantitative estimate of drug-likeness (QED) is 0.776. The van der Waals surface area contributed by atoms with Crippen molar-refractivity contribution in [2.75, 3.05) is 6.54 Å². The van der Waals surface area contributed by atoms with E-state index in [1.54, 1.807) is 6.33 Å². The Morgan fingerprint density at radius 3 is 2.69 bits per heavy atom. The normalized spacial score (nSPS) is 14.1. The van der Waals surface area contributed by atoms with E-state index < -0.39 is 0 Å². The van der Waals surface area contributed by atoms with Crippen LogP contribution in [0.3, 0.4) is 0 Å². The third-order valence-electron chi connectivity index (χ3n) is 2.32. The minimum absolute atomic E-state index is 0.159. The fourth-order valence-electron chi connectivity index (χ4n) is 1.60. The summed E-state index contributed by atoms with van der Waals surface area (Å²) in [7, 11) is 1.91. The Kier molecular flexibility index (Phi) is 4.44. The Bertz CT molecular complexity index is 316. The van der Waals surface area contributed by atoms with E-state index in [4.69, 9.17) is 0 Å². The van der Waals surface area contributed by atoms with Crippen molar-refractivity contribution in [1.29, 1.82) is 0 Å². The van der Waals surface area contributed by atoms with Crippen molar-refractivity contribution >= 4 is 0 Å². The number of nitrogens with one attached hydrogen (secondary N) is 1. The Balaban J connectivity index is 2.23. The summed E-state index contributed by atoms with van der Waals surface area (Å²) in [4.78, 5) is 0. The molecule has 1 aromatic rings. The van der Waals surface area contributed by atoms with Crippen molar-refractivity contribution < 1.29 is 5.11 Å². The molecule has 0 aliphatic rings. The molecule has 0 aliphatic carbocycles. The second-order valence-corrected chi connectivity index (χ2v) is 5.41. The topological polar surface area (TPSA) is 63.0 Å². The van der Waals surface area contributed by atoms with E-state index in [0.717, 1.165) is 12.2 Å². The molecule has 0 saturated heterocycles. The molecule has 0 radical (unpaired) electrons. The number of nitrogens with zero attached hydrogens (tertiary/aromatic N) is 3. The lowest BCUT2D eigenvalue weighted by molar-refractivity contribution is 0.119. The molecule has 2 N–H and O–H groups in total. The summed E-state index contributed by atoms with van der Waals surface area (Å²) in [5, 5.41) is 20.7. The summed E-state index contributed by atoms with van der Waals surface area (Å²) in [6.07, 6.45) is 2.15. The molecule has 1 unspecified atom stereocenters. The third kappa shape index (κ3) is 4.72. The van der Waals surface area contributed by atoms with Crippen molar-refractivity contribution in [2.45, 2.75) is 39.8 Å². The van der Waals surface area contributed by atoms with Gasteiger partial charge in [0.05, 0.1) is 12.6 Å². The summed E-state index contributed by atoms with van der Waals surface area (Å²) in [6.45, 7) is 7.60. The highest BCUT2D eigenvalue weighted by atomic mass is 16.3. The molecule has 1 heterocycles. The van der Waals surface area contributed by atoms with Crippen LogP contribution in [-0.2, 0) is 13.6 Å². The van der Waals surface area contributed by atoms with E-state index in [0.29, 0.717) is 13.1 Å². The summed E-state index contributed by atoms with van der Waals surface area (Å²) in [5.74, 6) is 0.878. The van der Waals surface area contributed by atoms with Crippen LogP contribution >= 0.6 is 0 Å². The van der Waals surface area contributed by atoms with Crippen LogP contribution in [0.4, 0.5) is 0 Å². The zero-order valence-electron chi connectivity index (χ0n) is 10.6. The first-order valence-corrected chi connectivity index (χ1v) is 5.60. The lowest BCUT2D eigenvalue weighted by Crippen LogP contribution is -2.30. The van der Waals surface area contributed by atoms with Crippen LogP contribution in [-0.4, -0.2) is 32.5 Å². The first-order valence-electron chi connectivity index (χ1n) is 5.60. The highest BCUT2D eigenvalue weighted by Gasteiger charge is 2.16. The van der Waals surface area contributed by atoms with E-state index in [1.165, 1.54) is 0 Å². The Morgan fingerprint density at radius 2 is 2.19 bits per heavy atom. The maximum absolute atomic E-state index is 9.78. The molecule has 0 bridgehead atoms. The van der Waals surface area contributed by atoms with Crippen molar-refractivity contribution in [3.8, 4) is 0 Å². The number of aliphatic hydroxyl groups excluding tert-OH is 1. The molecule has 1 aromatic heterocycles. The third-order valence-corrected chi connectivity index (χ3v) is 2.32. The zero-order chi connectivity index (χ0) is 12.2. The van der Waals surface area contributed by atoms with Crippen molar-refractivity contribution in [3.05, 3.63) is 12.2 Å². The van der Waals surface area contributed by atoms with Crippen molar-refractivity contribution in [3.63, 3.8) is 0 Å². The van der Waals surface area contributed by atoms with Gasteiger partial charge in [0.2, 0.25) is 0 Å². The van der Waals surface area contributed by atoms with Crippen molar-refractivity contribution in [2.24, 2.45) is 12.5 Å². The summed E-state index contributed by atoms with van der Waals surface area (Å²) < 4.78 is 1.86. The van der Waals surface area contributed by atoms with Gasteiger partial charge < -0.3 is 15.0 Å². The molecule has 5 nitrogen and oxygen atoms in total. The van der Waals surface area contributed by atoms with E-state index in [2.05, 4.69) is 36.3 Å². The number of hydrogen-bond donors (Lipinski definition) is 2. The molecule has 92 valence electrons. The first-order chi connectivity index (χ1) is 7.38. The highest BCUT2D eigenvalue weighted by Crippen LogP contribution is 2.20. The van der Waals surface area contributed by atoms with Crippen LogP contribution in [0.25, 0.3) is 0 Å². The number of rotatable bonds is 5. The lowest BCUT2D eigenvalue weighted by atomic mass is 9.89. The van der Waals surface area contributed by atoms with Gasteiger partial charge in [0.25, 0.3) is 0 Å². The largest absolute Gasteiger partial charge is 0.392 e. The first kappa shape index (κ1) is 13.1. The van der Waals surface area contributed by atoms with Crippen LogP contribution < -0.4 is 5.32 Å². The summed E-state index contributed by atoms with van der Waals surface area (Å²) >= 11 is 0. The van der Waals surface area contributed by atoms with Gasteiger partial charge in [0, 0.05) is 13.6 Å². The maximum Gasteiger partial charge on any atom is 0.146 e. The van der Waals surface area contributed by atoms with Crippen LogP contribution in [0.15, 0.2) is 6.33 Å². The van der Waals surface area contributed by atoms with Crippen LogP contribution in [0.2, 0.25) is 0 Å². The lowest BCUT2D eigenvalue weighted by Gasteiger charge is -2.22. The van der Waals surface area contributed by atoms with Gasteiger partial charge in [-0.3, -0.25) is 0 Å². The zero-order valence-corrected chi connectivity index (χ0v) is 10.6. The van der Waals surface area contributed by atoms with Gasteiger partial charge in [0.1, 0.15) is 12.2 Å². The van der Waals surface area contributed by atoms with Gasteiger partial charge >= 0.3 is 0 Å². The van der Waals surface area contributed by atoms with Crippen LogP contribution in [0, 0.1) is 5.41 Å². The van der Waals surface area contributed by atoms with Gasteiger partial charge in [-0.1, -0.05) is 20.8 Å². The molecule has 1 rings (SSSR count). The fraction of sp³-hybridized carbons (Fsp3) is 0.818. The second kappa shape index (κ2) is 5.41. The molecule has 1 atom stereocenters. The number of aromatic nitrogens is 3. The molecule has 5 heteroatoms. The van der Waals surface area contributed by atoms with E-state index in [-0.39, 0.29) is 11.5 Å². The molecule has 0 aromatic carbocycles. The molecule has 0 saturated carbocycles. The SMILES string of the molecule is Cn1cnnc1CNCC(O)CC(C)(C)C.